The van der Waals surface area contributed by atoms with Crippen molar-refractivity contribution in [2.24, 2.45) is 5.92 Å². The van der Waals surface area contributed by atoms with Crippen LogP contribution in [0.5, 0.6) is 0 Å². The van der Waals surface area contributed by atoms with E-state index >= 15 is 0 Å². The molecule has 0 aliphatic heterocycles. The van der Waals surface area contributed by atoms with Crippen LogP contribution in [0.4, 0.5) is 5.69 Å². The highest BCUT2D eigenvalue weighted by Crippen LogP contribution is 2.30. The lowest BCUT2D eigenvalue weighted by Gasteiger charge is -2.30. The number of rotatable bonds is 7. The summed E-state index contributed by atoms with van der Waals surface area (Å²) in [7, 11) is 0. The fourth-order valence-corrected chi connectivity index (χ4v) is 3.67. The first-order valence-corrected chi connectivity index (χ1v) is 9.91. The summed E-state index contributed by atoms with van der Waals surface area (Å²) in [6, 6.07) is 9.49. The second-order valence-electron chi connectivity index (χ2n) is 8.39. The fraction of sp³-hybridized carbons (Fsp3) is 0.682. The van der Waals surface area contributed by atoms with E-state index in [-0.39, 0.29) is 11.4 Å². The van der Waals surface area contributed by atoms with E-state index in [1.165, 1.54) is 36.9 Å². The summed E-state index contributed by atoms with van der Waals surface area (Å²) in [5.41, 5.74) is 2.82. The molecule has 1 aliphatic carbocycles. The van der Waals surface area contributed by atoms with Crippen LogP contribution >= 0.6 is 0 Å². The number of hydrogen-bond acceptors (Lipinski definition) is 3. The van der Waals surface area contributed by atoms with Gasteiger partial charge in [-0.05, 0) is 74.5 Å². The van der Waals surface area contributed by atoms with Gasteiger partial charge in [0.2, 0.25) is 0 Å². The second-order valence-corrected chi connectivity index (χ2v) is 8.39. The third-order valence-electron chi connectivity index (χ3n) is 5.27. The molecular weight excluding hydrogens is 310 g/mol. The average molecular weight is 346 g/mol. The standard InChI is InChI=1S/C22H35NO2/c1-5-25-21(24)8-6-7-17-9-13-19(14-10-17)23-20-15-11-18(12-16-20)22(2,3)4/h11-12,15-17,19,23H,5-10,13-14H2,1-4H3. The van der Waals surface area contributed by atoms with Crippen LogP contribution in [0.25, 0.3) is 0 Å². The van der Waals surface area contributed by atoms with Crippen molar-refractivity contribution in [1.29, 1.82) is 0 Å². The highest BCUT2D eigenvalue weighted by molar-refractivity contribution is 5.69. The molecule has 0 spiro atoms. The van der Waals surface area contributed by atoms with Crippen LogP contribution in [0.1, 0.15) is 78.2 Å². The Morgan fingerprint density at radius 2 is 1.76 bits per heavy atom. The van der Waals surface area contributed by atoms with Gasteiger partial charge in [-0.3, -0.25) is 4.79 Å². The largest absolute Gasteiger partial charge is 0.466 e. The van der Waals surface area contributed by atoms with Gasteiger partial charge in [0.15, 0.2) is 0 Å². The topological polar surface area (TPSA) is 38.3 Å². The Morgan fingerprint density at radius 1 is 1.12 bits per heavy atom. The van der Waals surface area contributed by atoms with Gasteiger partial charge in [0, 0.05) is 18.2 Å². The Balaban J connectivity index is 1.69. The molecule has 25 heavy (non-hydrogen) atoms. The van der Waals surface area contributed by atoms with Gasteiger partial charge >= 0.3 is 5.97 Å². The lowest BCUT2D eigenvalue weighted by atomic mass is 9.83. The first kappa shape index (κ1) is 19.8. The number of ether oxygens (including phenoxy) is 1. The summed E-state index contributed by atoms with van der Waals surface area (Å²) >= 11 is 0. The molecule has 1 fully saturated rings. The molecule has 3 nitrogen and oxygen atoms in total. The molecule has 3 heteroatoms. The number of esters is 1. The molecule has 0 radical (unpaired) electrons. The molecule has 2 rings (SSSR count). The molecule has 0 unspecified atom stereocenters. The summed E-state index contributed by atoms with van der Waals surface area (Å²) in [5.74, 6) is 0.729. The van der Waals surface area contributed by atoms with E-state index in [1.54, 1.807) is 0 Å². The van der Waals surface area contributed by atoms with Crippen molar-refractivity contribution < 1.29 is 9.53 Å². The Morgan fingerprint density at radius 3 is 2.32 bits per heavy atom. The maximum atomic E-state index is 11.4. The van der Waals surface area contributed by atoms with Gasteiger partial charge in [-0.15, -0.1) is 0 Å². The van der Waals surface area contributed by atoms with Crippen LogP contribution in [-0.4, -0.2) is 18.6 Å². The number of anilines is 1. The first-order valence-electron chi connectivity index (χ1n) is 9.91. The number of carbonyl (C=O) groups is 1. The Bertz CT molecular complexity index is 522. The van der Waals surface area contributed by atoms with Crippen LogP contribution in [0, 0.1) is 5.92 Å². The third kappa shape index (κ3) is 6.72. The fourth-order valence-electron chi connectivity index (χ4n) is 3.67. The van der Waals surface area contributed by atoms with Gasteiger partial charge < -0.3 is 10.1 Å². The van der Waals surface area contributed by atoms with Crippen LogP contribution < -0.4 is 5.32 Å². The molecular formula is C22H35NO2. The monoisotopic (exact) mass is 345 g/mol. The van der Waals surface area contributed by atoms with Crippen molar-refractivity contribution in [1.82, 2.24) is 0 Å². The summed E-state index contributed by atoms with van der Waals surface area (Å²) in [4.78, 5) is 11.4. The molecule has 140 valence electrons. The average Bonchev–Trinajstić information content (AvgIpc) is 2.56. The quantitative estimate of drug-likeness (QED) is 0.645. The summed E-state index contributed by atoms with van der Waals surface area (Å²) < 4.78 is 5.00. The Kier molecular flexibility index (Phi) is 7.34. The van der Waals surface area contributed by atoms with Gasteiger partial charge in [-0.2, -0.15) is 0 Å². The van der Waals surface area contributed by atoms with Gasteiger partial charge in [-0.25, -0.2) is 0 Å². The smallest absolute Gasteiger partial charge is 0.305 e. The highest BCUT2D eigenvalue weighted by atomic mass is 16.5. The Hall–Kier alpha value is -1.51. The van der Waals surface area contributed by atoms with Gasteiger partial charge in [0.1, 0.15) is 0 Å². The molecule has 1 aromatic rings. The molecule has 1 aromatic carbocycles. The van der Waals surface area contributed by atoms with Crippen LogP contribution in [0.15, 0.2) is 24.3 Å². The SMILES string of the molecule is CCOC(=O)CCCC1CCC(Nc2ccc(C(C)(C)C)cc2)CC1. The van der Waals surface area contributed by atoms with Crippen LogP contribution in [0.3, 0.4) is 0 Å². The molecule has 0 heterocycles. The van der Waals surface area contributed by atoms with E-state index in [4.69, 9.17) is 4.74 Å². The predicted octanol–water partition coefficient (Wildman–Crippen LogP) is 5.69. The van der Waals surface area contributed by atoms with Crippen molar-refractivity contribution in [3.8, 4) is 0 Å². The van der Waals surface area contributed by atoms with E-state index in [1.807, 2.05) is 6.92 Å². The lowest BCUT2D eigenvalue weighted by molar-refractivity contribution is -0.143. The summed E-state index contributed by atoms with van der Waals surface area (Å²) in [6.07, 6.45) is 7.69. The normalized spacial score (nSPS) is 21.0. The minimum atomic E-state index is -0.0449. The zero-order valence-electron chi connectivity index (χ0n) is 16.4. The van der Waals surface area contributed by atoms with Crippen LogP contribution in [-0.2, 0) is 14.9 Å². The summed E-state index contributed by atoms with van der Waals surface area (Å²) in [5, 5.41) is 3.70. The molecule has 0 bridgehead atoms. The second kappa shape index (κ2) is 9.26. The van der Waals surface area contributed by atoms with E-state index in [9.17, 15) is 4.79 Å². The maximum Gasteiger partial charge on any atom is 0.305 e. The Labute approximate surface area is 153 Å². The highest BCUT2D eigenvalue weighted by Gasteiger charge is 2.21. The van der Waals surface area contributed by atoms with E-state index < -0.39 is 0 Å². The molecule has 1 N–H and O–H groups in total. The van der Waals surface area contributed by atoms with Gasteiger partial charge in [0.25, 0.3) is 0 Å². The van der Waals surface area contributed by atoms with Crippen molar-refractivity contribution in [3.05, 3.63) is 29.8 Å². The number of carbonyl (C=O) groups excluding carboxylic acids is 1. The van der Waals surface area contributed by atoms with Crippen LogP contribution in [0.2, 0.25) is 0 Å². The molecule has 1 saturated carbocycles. The van der Waals surface area contributed by atoms with Crippen molar-refractivity contribution in [3.63, 3.8) is 0 Å². The maximum absolute atomic E-state index is 11.4. The molecule has 0 aromatic heterocycles. The van der Waals surface area contributed by atoms with Crippen molar-refractivity contribution in [2.45, 2.75) is 84.1 Å². The first-order chi connectivity index (χ1) is 11.9. The van der Waals surface area contributed by atoms with Crippen molar-refractivity contribution >= 4 is 11.7 Å². The zero-order valence-corrected chi connectivity index (χ0v) is 16.4. The predicted molar refractivity (Wildman–Crippen MR) is 105 cm³/mol. The summed E-state index contributed by atoms with van der Waals surface area (Å²) in [6.45, 7) is 9.10. The zero-order chi connectivity index (χ0) is 18.3. The molecule has 1 aliphatic rings. The molecule has 0 atom stereocenters. The van der Waals surface area contributed by atoms with Gasteiger partial charge in [0.05, 0.1) is 6.61 Å². The number of hydrogen-bond donors (Lipinski definition) is 1. The van der Waals surface area contributed by atoms with Gasteiger partial charge in [-0.1, -0.05) is 32.9 Å². The minimum absolute atomic E-state index is 0.0449. The minimum Gasteiger partial charge on any atom is -0.466 e. The third-order valence-corrected chi connectivity index (χ3v) is 5.27. The molecule has 0 amide bonds. The van der Waals surface area contributed by atoms with E-state index in [0.29, 0.717) is 19.1 Å². The number of nitrogens with one attached hydrogen (secondary N) is 1. The van der Waals surface area contributed by atoms with Crippen molar-refractivity contribution in [2.75, 3.05) is 11.9 Å². The number of benzene rings is 1. The lowest BCUT2D eigenvalue weighted by Crippen LogP contribution is -2.26. The van der Waals surface area contributed by atoms with E-state index in [2.05, 4.69) is 50.4 Å². The molecule has 0 saturated heterocycles. The van der Waals surface area contributed by atoms with E-state index in [0.717, 1.165) is 18.8 Å².